The van der Waals surface area contributed by atoms with Gasteiger partial charge in [-0.2, -0.15) is 0 Å². The molecule has 4 nitrogen and oxygen atoms in total. The lowest BCUT2D eigenvalue weighted by molar-refractivity contribution is -0.0729. The molecule has 1 aromatic rings. The molecule has 0 spiro atoms. The standard InChI is InChI=1S/C14H23N3O/c1-13(2)4-6-14(18-3,7-5-13)12-16-9-11(8-15)10-17-12/h9-10H,4-8,15H2,1-3H3. The monoisotopic (exact) mass is 249 g/mol. The Morgan fingerprint density at radius 2 is 1.72 bits per heavy atom. The van der Waals surface area contributed by atoms with E-state index in [1.54, 1.807) is 7.11 Å². The van der Waals surface area contributed by atoms with Crippen LogP contribution in [-0.2, 0) is 16.9 Å². The maximum absolute atomic E-state index is 5.78. The van der Waals surface area contributed by atoms with Crippen LogP contribution in [0.4, 0.5) is 0 Å². The highest BCUT2D eigenvalue weighted by Gasteiger charge is 2.41. The fourth-order valence-electron chi connectivity index (χ4n) is 2.55. The lowest BCUT2D eigenvalue weighted by atomic mass is 9.70. The molecule has 1 aromatic heterocycles. The van der Waals surface area contributed by atoms with Crippen LogP contribution in [-0.4, -0.2) is 17.1 Å². The third-order valence-corrected chi connectivity index (χ3v) is 4.15. The molecule has 100 valence electrons. The van der Waals surface area contributed by atoms with Crippen molar-refractivity contribution in [3.8, 4) is 0 Å². The third-order valence-electron chi connectivity index (χ3n) is 4.15. The Kier molecular flexibility index (Phi) is 3.69. The summed E-state index contributed by atoms with van der Waals surface area (Å²) >= 11 is 0. The number of nitrogens with zero attached hydrogens (tertiary/aromatic N) is 2. The van der Waals surface area contributed by atoms with E-state index < -0.39 is 0 Å². The average molecular weight is 249 g/mol. The molecule has 1 aliphatic carbocycles. The van der Waals surface area contributed by atoms with Crippen molar-refractivity contribution >= 4 is 0 Å². The highest BCUT2D eigenvalue weighted by atomic mass is 16.5. The highest BCUT2D eigenvalue weighted by molar-refractivity contribution is 5.11. The zero-order valence-corrected chi connectivity index (χ0v) is 11.6. The largest absolute Gasteiger partial charge is 0.370 e. The molecule has 0 atom stereocenters. The van der Waals surface area contributed by atoms with E-state index >= 15 is 0 Å². The summed E-state index contributed by atoms with van der Waals surface area (Å²) in [5.41, 5.74) is 6.63. The second-order valence-corrected chi connectivity index (χ2v) is 5.98. The van der Waals surface area contributed by atoms with Crippen LogP contribution >= 0.6 is 0 Å². The van der Waals surface area contributed by atoms with E-state index in [9.17, 15) is 0 Å². The minimum Gasteiger partial charge on any atom is -0.370 e. The first kappa shape index (κ1) is 13.4. The summed E-state index contributed by atoms with van der Waals surface area (Å²) < 4.78 is 5.78. The molecule has 0 radical (unpaired) electrons. The van der Waals surface area contributed by atoms with Crippen LogP contribution < -0.4 is 5.73 Å². The second-order valence-electron chi connectivity index (χ2n) is 5.98. The zero-order chi connectivity index (χ0) is 13.2. The van der Waals surface area contributed by atoms with Crippen molar-refractivity contribution in [3.63, 3.8) is 0 Å². The molecule has 1 heterocycles. The van der Waals surface area contributed by atoms with Crippen molar-refractivity contribution in [1.29, 1.82) is 0 Å². The van der Waals surface area contributed by atoms with Crippen molar-refractivity contribution in [2.45, 2.75) is 51.7 Å². The summed E-state index contributed by atoms with van der Waals surface area (Å²) in [5, 5.41) is 0. The minimum atomic E-state index is -0.303. The summed E-state index contributed by atoms with van der Waals surface area (Å²) in [7, 11) is 1.76. The van der Waals surface area contributed by atoms with Gasteiger partial charge in [0.25, 0.3) is 0 Å². The summed E-state index contributed by atoms with van der Waals surface area (Å²) in [6.07, 6.45) is 7.87. The van der Waals surface area contributed by atoms with E-state index in [0.717, 1.165) is 37.1 Å². The summed E-state index contributed by atoms with van der Waals surface area (Å²) in [4.78, 5) is 8.90. The fourth-order valence-corrected chi connectivity index (χ4v) is 2.55. The molecule has 4 heteroatoms. The van der Waals surface area contributed by atoms with E-state index in [1.165, 1.54) is 0 Å². The summed E-state index contributed by atoms with van der Waals surface area (Å²) in [6, 6.07) is 0. The van der Waals surface area contributed by atoms with Crippen molar-refractivity contribution in [2.24, 2.45) is 11.1 Å². The van der Waals surface area contributed by atoms with Gasteiger partial charge >= 0.3 is 0 Å². The molecule has 0 unspecified atom stereocenters. The lowest BCUT2D eigenvalue weighted by Gasteiger charge is -2.41. The van der Waals surface area contributed by atoms with E-state index in [0.29, 0.717) is 12.0 Å². The van der Waals surface area contributed by atoms with Crippen LogP contribution in [0.3, 0.4) is 0 Å². The van der Waals surface area contributed by atoms with E-state index in [1.807, 2.05) is 12.4 Å². The quantitative estimate of drug-likeness (QED) is 0.893. The Labute approximate surface area is 109 Å². The maximum atomic E-state index is 5.78. The molecule has 0 aromatic carbocycles. The average Bonchev–Trinajstić information content (AvgIpc) is 2.40. The first-order chi connectivity index (χ1) is 8.51. The number of nitrogens with two attached hydrogens (primary N) is 1. The van der Waals surface area contributed by atoms with Gasteiger partial charge < -0.3 is 10.5 Å². The van der Waals surface area contributed by atoms with Gasteiger partial charge in [0.1, 0.15) is 5.60 Å². The van der Waals surface area contributed by atoms with Crippen molar-refractivity contribution < 1.29 is 4.74 Å². The molecule has 0 amide bonds. The van der Waals surface area contributed by atoms with Gasteiger partial charge in [0.15, 0.2) is 5.82 Å². The highest BCUT2D eigenvalue weighted by Crippen LogP contribution is 2.45. The molecule has 2 rings (SSSR count). The van der Waals surface area contributed by atoms with Gasteiger partial charge in [-0.05, 0) is 31.1 Å². The Bertz CT molecular complexity index is 390. The van der Waals surface area contributed by atoms with Gasteiger partial charge in [-0.1, -0.05) is 13.8 Å². The van der Waals surface area contributed by atoms with Crippen LogP contribution in [0.25, 0.3) is 0 Å². The summed E-state index contributed by atoms with van der Waals surface area (Å²) in [6.45, 7) is 5.10. The number of hydrogen-bond acceptors (Lipinski definition) is 4. The van der Waals surface area contributed by atoms with Crippen molar-refractivity contribution in [2.75, 3.05) is 7.11 Å². The van der Waals surface area contributed by atoms with Crippen molar-refractivity contribution in [1.82, 2.24) is 9.97 Å². The number of methoxy groups -OCH3 is 1. The molecule has 0 saturated heterocycles. The number of ether oxygens (including phenoxy) is 1. The first-order valence-corrected chi connectivity index (χ1v) is 6.58. The Morgan fingerprint density at radius 3 is 2.17 bits per heavy atom. The Morgan fingerprint density at radius 1 is 1.17 bits per heavy atom. The molecular formula is C14H23N3O. The lowest BCUT2D eigenvalue weighted by Crippen LogP contribution is -2.38. The fraction of sp³-hybridized carbons (Fsp3) is 0.714. The molecule has 18 heavy (non-hydrogen) atoms. The van der Waals surface area contributed by atoms with Crippen molar-refractivity contribution in [3.05, 3.63) is 23.8 Å². The topological polar surface area (TPSA) is 61.0 Å². The number of aromatic nitrogens is 2. The summed E-state index contributed by atoms with van der Waals surface area (Å²) in [5.74, 6) is 0.803. The maximum Gasteiger partial charge on any atom is 0.160 e. The van der Waals surface area contributed by atoms with Crippen LogP contribution in [0.1, 0.15) is 50.9 Å². The predicted molar refractivity (Wildman–Crippen MR) is 70.9 cm³/mol. The molecule has 1 aliphatic rings. The van der Waals surface area contributed by atoms with Gasteiger partial charge in [0.05, 0.1) is 0 Å². The van der Waals surface area contributed by atoms with Gasteiger partial charge in [-0.25, -0.2) is 9.97 Å². The third kappa shape index (κ3) is 2.54. The van der Waals surface area contributed by atoms with Gasteiger partial charge in [-0.15, -0.1) is 0 Å². The predicted octanol–water partition coefficient (Wildman–Crippen LogP) is 2.38. The normalized spacial score (nSPS) is 21.8. The molecular weight excluding hydrogens is 226 g/mol. The van der Waals surface area contributed by atoms with Crippen LogP contribution in [0.2, 0.25) is 0 Å². The van der Waals surface area contributed by atoms with Crippen LogP contribution in [0, 0.1) is 5.41 Å². The Balaban J connectivity index is 2.22. The zero-order valence-electron chi connectivity index (χ0n) is 11.6. The number of rotatable bonds is 3. The molecule has 0 bridgehead atoms. The Hall–Kier alpha value is -1.00. The smallest absolute Gasteiger partial charge is 0.160 e. The van der Waals surface area contributed by atoms with E-state index in [4.69, 9.17) is 10.5 Å². The van der Waals surface area contributed by atoms with Crippen LogP contribution in [0.15, 0.2) is 12.4 Å². The van der Waals surface area contributed by atoms with Gasteiger partial charge in [-0.3, -0.25) is 0 Å². The minimum absolute atomic E-state index is 0.303. The molecule has 1 fully saturated rings. The second kappa shape index (κ2) is 4.94. The first-order valence-electron chi connectivity index (χ1n) is 6.58. The van der Waals surface area contributed by atoms with Gasteiger partial charge in [0.2, 0.25) is 0 Å². The SMILES string of the molecule is COC1(c2ncc(CN)cn2)CCC(C)(C)CC1. The molecule has 1 saturated carbocycles. The molecule has 0 aliphatic heterocycles. The molecule has 2 N–H and O–H groups in total. The van der Waals surface area contributed by atoms with Crippen LogP contribution in [0.5, 0.6) is 0 Å². The van der Waals surface area contributed by atoms with Gasteiger partial charge in [0, 0.05) is 31.6 Å². The van der Waals surface area contributed by atoms with E-state index in [-0.39, 0.29) is 5.60 Å². The van der Waals surface area contributed by atoms with E-state index in [2.05, 4.69) is 23.8 Å². The number of hydrogen-bond donors (Lipinski definition) is 1.